The van der Waals surface area contributed by atoms with Crippen molar-refractivity contribution in [2.45, 2.75) is 12.2 Å². The van der Waals surface area contributed by atoms with Crippen LogP contribution in [-0.2, 0) is 4.79 Å². The van der Waals surface area contributed by atoms with Crippen LogP contribution in [0, 0.1) is 0 Å². The largest absolute Gasteiger partial charge is 0.495 e. The number of nitrogens with one attached hydrogen (secondary N) is 2. The number of ether oxygens (including phenoxy) is 1. The average molecular weight is 476 g/mol. The molecular weight excluding hydrogens is 458 g/mol. The summed E-state index contributed by atoms with van der Waals surface area (Å²) >= 11 is 8.85. The highest BCUT2D eigenvalue weighted by molar-refractivity contribution is 8.00. The summed E-state index contributed by atoms with van der Waals surface area (Å²) in [7, 11) is 1.53. The van der Waals surface area contributed by atoms with E-state index in [0.29, 0.717) is 38.3 Å². The molecule has 4 rings (SSSR count). The Morgan fingerprint density at radius 1 is 1.42 bits per heavy atom. The number of halogens is 1. The summed E-state index contributed by atoms with van der Waals surface area (Å²) < 4.78 is 10.5. The number of fused-ring (bicyclic) bond motifs is 1. The number of rotatable bonds is 7. The van der Waals surface area contributed by atoms with Gasteiger partial charge in [-0.1, -0.05) is 11.6 Å². The van der Waals surface area contributed by atoms with E-state index in [2.05, 4.69) is 15.3 Å². The number of H-pyrrole nitrogens is 1. The third-order valence-electron chi connectivity index (χ3n) is 4.53. The van der Waals surface area contributed by atoms with E-state index in [1.54, 1.807) is 30.5 Å². The number of benzene rings is 1. The van der Waals surface area contributed by atoms with Gasteiger partial charge >= 0.3 is 0 Å². The van der Waals surface area contributed by atoms with Gasteiger partial charge in [-0.05, 0) is 37.3 Å². The van der Waals surface area contributed by atoms with Crippen molar-refractivity contribution in [3.63, 3.8) is 0 Å². The van der Waals surface area contributed by atoms with E-state index in [9.17, 15) is 9.59 Å². The molecule has 0 radical (unpaired) electrons. The molecule has 0 aliphatic rings. The Hall–Kier alpha value is -2.75. The lowest BCUT2D eigenvalue weighted by Gasteiger charge is -2.11. The van der Waals surface area contributed by atoms with Crippen LogP contribution in [0.3, 0.4) is 0 Å². The summed E-state index contributed by atoms with van der Waals surface area (Å²) in [6.45, 7) is 1.90. The van der Waals surface area contributed by atoms with Gasteiger partial charge in [-0.25, -0.2) is 4.98 Å². The first-order valence-corrected chi connectivity index (χ1v) is 11.6. The minimum atomic E-state index is -0.225. The summed E-state index contributed by atoms with van der Waals surface area (Å²) in [4.78, 5) is 33.1. The molecule has 0 saturated heterocycles. The van der Waals surface area contributed by atoms with Crippen LogP contribution in [0.1, 0.15) is 18.0 Å². The van der Waals surface area contributed by atoms with Crippen molar-refractivity contribution in [2.24, 2.45) is 0 Å². The van der Waals surface area contributed by atoms with Gasteiger partial charge in [-0.15, -0.1) is 23.1 Å². The summed E-state index contributed by atoms with van der Waals surface area (Å²) in [6, 6.07) is 8.62. The molecule has 10 heteroatoms. The van der Waals surface area contributed by atoms with Gasteiger partial charge in [0.1, 0.15) is 22.2 Å². The third-order valence-corrected chi connectivity index (χ3v) is 6.85. The van der Waals surface area contributed by atoms with Crippen LogP contribution < -0.4 is 15.6 Å². The number of carbonyl (C=O) groups excluding carboxylic acids is 1. The molecule has 7 nitrogen and oxygen atoms in total. The number of amides is 1. The fourth-order valence-corrected chi connectivity index (χ4v) is 4.93. The maximum absolute atomic E-state index is 12.7. The number of methoxy groups -OCH3 is 1. The van der Waals surface area contributed by atoms with Gasteiger partial charge in [0, 0.05) is 16.6 Å². The van der Waals surface area contributed by atoms with E-state index >= 15 is 0 Å². The average Bonchev–Trinajstić information content (AvgIpc) is 3.42. The number of thiophene rings is 1. The predicted molar refractivity (Wildman–Crippen MR) is 125 cm³/mol. The number of hydrogen-bond acceptors (Lipinski definition) is 7. The standard InChI is InChI=1S/C21H18ClN3O4S2/c1-11(30-10-17(26)23-12-5-6-16(28-2)14(22)8-12)19-24-20(27)18-13(9-31-21(18)25-19)15-4-3-7-29-15/h3-9,11H,10H2,1-2H3,(H,23,26)(H,24,25,27). The fourth-order valence-electron chi connectivity index (χ4n) is 2.99. The first-order chi connectivity index (χ1) is 15.0. The molecule has 0 aliphatic heterocycles. The smallest absolute Gasteiger partial charge is 0.260 e. The molecule has 0 spiro atoms. The van der Waals surface area contributed by atoms with Crippen molar-refractivity contribution in [1.29, 1.82) is 0 Å². The zero-order chi connectivity index (χ0) is 22.0. The van der Waals surface area contributed by atoms with E-state index in [-0.39, 0.29) is 22.5 Å². The van der Waals surface area contributed by atoms with Crippen LogP contribution in [0.15, 0.2) is 51.2 Å². The van der Waals surface area contributed by atoms with Gasteiger partial charge in [0.15, 0.2) is 0 Å². The molecule has 3 heterocycles. The van der Waals surface area contributed by atoms with Gasteiger partial charge in [0.05, 0.1) is 34.8 Å². The van der Waals surface area contributed by atoms with Crippen molar-refractivity contribution >= 4 is 56.5 Å². The molecule has 0 aliphatic carbocycles. The minimum Gasteiger partial charge on any atom is -0.495 e. The van der Waals surface area contributed by atoms with Gasteiger partial charge in [0.25, 0.3) is 5.56 Å². The molecule has 0 fully saturated rings. The molecule has 4 aromatic rings. The lowest BCUT2D eigenvalue weighted by atomic mass is 10.2. The highest BCUT2D eigenvalue weighted by Crippen LogP contribution is 2.33. The molecule has 1 atom stereocenters. The number of hydrogen-bond donors (Lipinski definition) is 2. The van der Waals surface area contributed by atoms with Gasteiger partial charge in [-0.2, -0.15) is 0 Å². The molecule has 31 heavy (non-hydrogen) atoms. The zero-order valence-corrected chi connectivity index (χ0v) is 19.0. The van der Waals surface area contributed by atoms with E-state index < -0.39 is 0 Å². The number of nitrogens with zero attached hydrogens (tertiary/aromatic N) is 1. The van der Waals surface area contributed by atoms with Gasteiger partial charge < -0.3 is 19.5 Å². The van der Waals surface area contributed by atoms with Crippen molar-refractivity contribution in [3.05, 3.63) is 63.2 Å². The van der Waals surface area contributed by atoms with Crippen LogP contribution in [-0.4, -0.2) is 28.7 Å². The number of anilines is 1. The molecule has 0 bridgehead atoms. The molecule has 1 unspecified atom stereocenters. The molecule has 1 amide bonds. The molecule has 0 saturated carbocycles. The Morgan fingerprint density at radius 3 is 2.97 bits per heavy atom. The molecule has 160 valence electrons. The third kappa shape index (κ3) is 4.63. The Labute approximate surface area is 190 Å². The van der Waals surface area contributed by atoms with Crippen molar-refractivity contribution in [1.82, 2.24) is 9.97 Å². The minimum absolute atomic E-state index is 0.183. The first kappa shape index (κ1) is 21.5. The number of carbonyl (C=O) groups is 1. The normalized spacial score (nSPS) is 12.1. The Morgan fingerprint density at radius 2 is 2.26 bits per heavy atom. The molecule has 2 N–H and O–H groups in total. The Bertz CT molecular complexity index is 1280. The van der Waals surface area contributed by atoms with Crippen molar-refractivity contribution in [3.8, 4) is 17.1 Å². The topological polar surface area (TPSA) is 97.2 Å². The predicted octanol–water partition coefficient (Wildman–Crippen LogP) is 5.34. The van der Waals surface area contributed by atoms with Crippen LogP contribution in [0.5, 0.6) is 5.75 Å². The lowest BCUT2D eigenvalue weighted by molar-refractivity contribution is -0.113. The number of aromatic amines is 1. The summed E-state index contributed by atoms with van der Waals surface area (Å²) in [5.74, 6) is 1.70. The van der Waals surface area contributed by atoms with Crippen LogP contribution in [0.4, 0.5) is 5.69 Å². The summed E-state index contributed by atoms with van der Waals surface area (Å²) in [6.07, 6.45) is 1.57. The number of furan rings is 1. The van der Waals surface area contributed by atoms with Crippen molar-refractivity contribution in [2.75, 3.05) is 18.2 Å². The van der Waals surface area contributed by atoms with Gasteiger partial charge in [-0.3, -0.25) is 9.59 Å². The van der Waals surface area contributed by atoms with E-state index in [1.807, 2.05) is 18.4 Å². The van der Waals surface area contributed by atoms with E-state index in [0.717, 1.165) is 5.56 Å². The second kappa shape index (κ2) is 9.17. The van der Waals surface area contributed by atoms with Gasteiger partial charge in [0.2, 0.25) is 5.91 Å². The second-order valence-electron chi connectivity index (χ2n) is 6.61. The maximum Gasteiger partial charge on any atom is 0.260 e. The highest BCUT2D eigenvalue weighted by Gasteiger charge is 2.18. The SMILES string of the molecule is COc1ccc(NC(=O)CSC(C)c2nc3scc(-c4ccco4)c3c(=O)[nH]2)cc1Cl. The van der Waals surface area contributed by atoms with Crippen LogP contribution in [0.2, 0.25) is 5.02 Å². The van der Waals surface area contributed by atoms with Crippen LogP contribution in [0.25, 0.3) is 21.5 Å². The van der Waals surface area contributed by atoms with E-state index in [4.69, 9.17) is 20.8 Å². The Kier molecular flexibility index (Phi) is 6.35. The summed E-state index contributed by atoms with van der Waals surface area (Å²) in [5, 5.41) is 5.41. The quantitative estimate of drug-likeness (QED) is 0.374. The highest BCUT2D eigenvalue weighted by atomic mass is 35.5. The Balaban J connectivity index is 1.44. The summed E-state index contributed by atoms with van der Waals surface area (Å²) in [5.41, 5.74) is 1.08. The van der Waals surface area contributed by atoms with Crippen molar-refractivity contribution < 1.29 is 13.9 Å². The second-order valence-corrected chi connectivity index (χ2v) is 9.20. The molecular formula is C21H18ClN3O4S2. The first-order valence-electron chi connectivity index (χ1n) is 9.26. The fraction of sp³-hybridized carbons (Fsp3) is 0.190. The molecule has 3 aromatic heterocycles. The zero-order valence-electron chi connectivity index (χ0n) is 16.6. The van der Waals surface area contributed by atoms with E-state index in [1.165, 1.54) is 30.2 Å². The van der Waals surface area contributed by atoms with Crippen LogP contribution >= 0.6 is 34.7 Å². The molecule has 1 aromatic carbocycles. The monoisotopic (exact) mass is 475 g/mol. The lowest BCUT2D eigenvalue weighted by Crippen LogP contribution is -2.16. The number of thioether (sulfide) groups is 1. The maximum atomic E-state index is 12.7. The number of aromatic nitrogens is 2.